The molecule has 1 aromatic rings. The van der Waals surface area contributed by atoms with Crippen molar-refractivity contribution < 1.29 is 0 Å². The third-order valence-corrected chi connectivity index (χ3v) is 3.37. The molecule has 102 valence electrons. The van der Waals surface area contributed by atoms with Crippen LogP contribution in [0.1, 0.15) is 46.1 Å². The van der Waals surface area contributed by atoms with Gasteiger partial charge in [0, 0.05) is 30.5 Å². The fourth-order valence-electron chi connectivity index (χ4n) is 2.24. The van der Waals surface area contributed by atoms with E-state index < -0.39 is 0 Å². The van der Waals surface area contributed by atoms with Gasteiger partial charge in [-0.05, 0) is 31.2 Å². The number of pyridine rings is 1. The zero-order valence-electron chi connectivity index (χ0n) is 12.4. The average Bonchev–Trinajstić information content (AvgIpc) is 2.32. The lowest BCUT2D eigenvalue weighted by Gasteiger charge is -2.33. The molecular formula is C15H27N3. The van der Waals surface area contributed by atoms with Gasteiger partial charge in [0.15, 0.2) is 0 Å². The highest BCUT2D eigenvalue weighted by Gasteiger charge is 2.18. The van der Waals surface area contributed by atoms with E-state index in [2.05, 4.69) is 37.6 Å². The first-order chi connectivity index (χ1) is 8.49. The Labute approximate surface area is 111 Å². The Kier molecular flexibility index (Phi) is 5.45. The number of hydrogen-bond donors (Lipinski definition) is 1. The van der Waals surface area contributed by atoms with Gasteiger partial charge in [-0.25, -0.2) is 4.98 Å². The molecule has 3 nitrogen and oxygen atoms in total. The van der Waals surface area contributed by atoms with Gasteiger partial charge in [-0.2, -0.15) is 0 Å². The van der Waals surface area contributed by atoms with Crippen molar-refractivity contribution in [3.8, 4) is 0 Å². The molecule has 0 aliphatic heterocycles. The Morgan fingerprint density at radius 2 is 1.89 bits per heavy atom. The topological polar surface area (TPSA) is 42.1 Å². The van der Waals surface area contributed by atoms with Crippen LogP contribution in [0.4, 0.5) is 11.5 Å². The highest BCUT2D eigenvalue weighted by Crippen LogP contribution is 2.23. The lowest BCUT2D eigenvalue weighted by Crippen LogP contribution is -2.38. The van der Waals surface area contributed by atoms with Gasteiger partial charge < -0.3 is 10.6 Å². The first kappa shape index (κ1) is 14.8. The van der Waals surface area contributed by atoms with E-state index in [1.54, 1.807) is 0 Å². The fourth-order valence-corrected chi connectivity index (χ4v) is 2.24. The molecule has 0 aliphatic carbocycles. The first-order valence-electron chi connectivity index (χ1n) is 6.98. The molecule has 0 bridgehead atoms. The molecule has 0 atom stereocenters. The molecular weight excluding hydrogens is 222 g/mol. The molecule has 0 fully saturated rings. The lowest BCUT2D eigenvalue weighted by atomic mass is 10.1. The van der Waals surface area contributed by atoms with E-state index in [9.17, 15) is 0 Å². The van der Waals surface area contributed by atoms with Gasteiger partial charge in [-0.1, -0.05) is 27.7 Å². The number of hydrogen-bond acceptors (Lipinski definition) is 3. The zero-order valence-corrected chi connectivity index (χ0v) is 12.4. The van der Waals surface area contributed by atoms with E-state index in [4.69, 9.17) is 5.73 Å². The molecule has 0 radical (unpaired) electrons. The van der Waals surface area contributed by atoms with Gasteiger partial charge in [0.05, 0.1) is 0 Å². The molecule has 1 rings (SSSR count). The quantitative estimate of drug-likeness (QED) is 0.837. The largest absolute Gasteiger partial charge is 0.398 e. The molecule has 0 unspecified atom stereocenters. The third kappa shape index (κ3) is 3.62. The van der Waals surface area contributed by atoms with Crippen LogP contribution in [-0.4, -0.2) is 17.6 Å². The van der Waals surface area contributed by atoms with Crippen LogP contribution in [0.15, 0.2) is 12.3 Å². The molecule has 0 amide bonds. The molecule has 1 aromatic heterocycles. The molecule has 3 heteroatoms. The minimum absolute atomic E-state index is 0.544. The highest BCUT2D eigenvalue weighted by atomic mass is 15.2. The van der Waals surface area contributed by atoms with Gasteiger partial charge in [-0.15, -0.1) is 0 Å². The summed E-state index contributed by atoms with van der Waals surface area (Å²) in [4.78, 5) is 6.96. The summed E-state index contributed by atoms with van der Waals surface area (Å²) < 4.78 is 0. The number of aryl methyl sites for hydroxylation is 1. The summed E-state index contributed by atoms with van der Waals surface area (Å²) in [6.45, 7) is 12.0. The SMILES string of the molecule is CCC(CC)N(CC(C)C)c1cc(N)c(C)cn1. The lowest BCUT2D eigenvalue weighted by molar-refractivity contribution is 0.503. The van der Waals surface area contributed by atoms with Crippen LogP contribution in [0.5, 0.6) is 0 Å². The average molecular weight is 249 g/mol. The minimum atomic E-state index is 0.544. The van der Waals surface area contributed by atoms with Crippen molar-refractivity contribution in [3.05, 3.63) is 17.8 Å². The number of nitrogen functional groups attached to an aromatic ring is 1. The monoisotopic (exact) mass is 249 g/mol. The Morgan fingerprint density at radius 1 is 1.28 bits per heavy atom. The van der Waals surface area contributed by atoms with E-state index in [0.29, 0.717) is 12.0 Å². The van der Waals surface area contributed by atoms with E-state index in [-0.39, 0.29) is 0 Å². The molecule has 0 saturated carbocycles. The second-order valence-electron chi connectivity index (χ2n) is 5.42. The molecule has 0 saturated heterocycles. The van der Waals surface area contributed by atoms with Crippen LogP contribution in [0.3, 0.4) is 0 Å². The third-order valence-electron chi connectivity index (χ3n) is 3.37. The molecule has 0 aromatic carbocycles. The van der Waals surface area contributed by atoms with Crippen LogP contribution < -0.4 is 10.6 Å². The number of nitrogens with zero attached hydrogens (tertiary/aromatic N) is 2. The van der Waals surface area contributed by atoms with Crippen LogP contribution in [0, 0.1) is 12.8 Å². The van der Waals surface area contributed by atoms with Crippen molar-refractivity contribution in [1.29, 1.82) is 0 Å². The van der Waals surface area contributed by atoms with Gasteiger partial charge in [0.1, 0.15) is 5.82 Å². The van der Waals surface area contributed by atoms with Gasteiger partial charge in [0.2, 0.25) is 0 Å². The fraction of sp³-hybridized carbons (Fsp3) is 0.667. The van der Waals surface area contributed by atoms with Gasteiger partial charge in [-0.3, -0.25) is 0 Å². The summed E-state index contributed by atoms with van der Waals surface area (Å²) in [5, 5.41) is 0. The summed E-state index contributed by atoms with van der Waals surface area (Å²) in [5.74, 6) is 1.63. The second-order valence-corrected chi connectivity index (χ2v) is 5.42. The van der Waals surface area contributed by atoms with Gasteiger partial charge in [0.25, 0.3) is 0 Å². The Balaban J connectivity index is 3.04. The van der Waals surface area contributed by atoms with Crippen LogP contribution in [0.2, 0.25) is 0 Å². The van der Waals surface area contributed by atoms with Crippen LogP contribution in [-0.2, 0) is 0 Å². The Morgan fingerprint density at radius 3 is 2.33 bits per heavy atom. The van der Waals surface area contributed by atoms with E-state index in [0.717, 1.165) is 36.5 Å². The summed E-state index contributed by atoms with van der Waals surface area (Å²) in [5.41, 5.74) is 7.89. The minimum Gasteiger partial charge on any atom is -0.398 e. The molecule has 0 spiro atoms. The zero-order chi connectivity index (χ0) is 13.7. The molecule has 1 heterocycles. The Bertz CT molecular complexity index is 370. The van der Waals surface area contributed by atoms with E-state index in [1.807, 2.05) is 19.2 Å². The van der Waals surface area contributed by atoms with E-state index in [1.165, 1.54) is 0 Å². The number of rotatable bonds is 6. The van der Waals surface area contributed by atoms with Crippen molar-refractivity contribution in [2.45, 2.75) is 53.5 Å². The van der Waals surface area contributed by atoms with Crippen molar-refractivity contribution >= 4 is 11.5 Å². The molecule has 0 aliphatic rings. The van der Waals surface area contributed by atoms with Crippen molar-refractivity contribution in [2.24, 2.45) is 5.92 Å². The summed E-state index contributed by atoms with van der Waals surface area (Å²) in [6.07, 6.45) is 4.15. The number of aromatic nitrogens is 1. The molecule has 2 N–H and O–H groups in total. The maximum Gasteiger partial charge on any atom is 0.130 e. The van der Waals surface area contributed by atoms with Crippen LogP contribution >= 0.6 is 0 Å². The standard InChI is InChI=1S/C15H27N3/c1-6-13(7-2)18(10-11(3)4)15-8-14(16)12(5)9-17-15/h8-9,11,13H,6-7,10H2,1-5H3,(H2,16,17). The summed E-state index contributed by atoms with van der Waals surface area (Å²) in [7, 11) is 0. The second kappa shape index (κ2) is 6.62. The van der Waals surface area contributed by atoms with E-state index >= 15 is 0 Å². The highest BCUT2D eigenvalue weighted by molar-refractivity contribution is 5.55. The maximum absolute atomic E-state index is 6.01. The maximum atomic E-state index is 6.01. The summed E-state index contributed by atoms with van der Waals surface area (Å²) >= 11 is 0. The molecule has 18 heavy (non-hydrogen) atoms. The Hall–Kier alpha value is -1.25. The predicted molar refractivity (Wildman–Crippen MR) is 79.9 cm³/mol. The summed E-state index contributed by atoms with van der Waals surface area (Å²) in [6, 6.07) is 2.55. The normalized spacial score (nSPS) is 11.3. The van der Waals surface area contributed by atoms with Crippen molar-refractivity contribution in [2.75, 3.05) is 17.2 Å². The smallest absolute Gasteiger partial charge is 0.130 e. The van der Waals surface area contributed by atoms with Crippen molar-refractivity contribution in [3.63, 3.8) is 0 Å². The number of nitrogens with two attached hydrogens (primary N) is 1. The predicted octanol–water partition coefficient (Wildman–Crippen LogP) is 3.62. The van der Waals surface area contributed by atoms with Crippen LogP contribution in [0.25, 0.3) is 0 Å². The number of anilines is 2. The first-order valence-corrected chi connectivity index (χ1v) is 6.98. The van der Waals surface area contributed by atoms with Gasteiger partial charge >= 0.3 is 0 Å². The van der Waals surface area contributed by atoms with Crippen molar-refractivity contribution in [1.82, 2.24) is 4.98 Å².